The van der Waals surface area contributed by atoms with Gasteiger partial charge in [-0.05, 0) is 36.2 Å². The maximum Gasteiger partial charge on any atom is 0.366 e. The Balaban J connectivity index is 1.24. The zero-order valence-electron chi connectivity index (χ0n) is 20.5. The molecule has 8 heteroatoms. The number of esters is 1. The Labute approximate surface area is 210 Å². The Morgan fingerprint density at radius 2 is 1.72 bits per heavy atom. The summed E-state index contributed by atoms with van der Waals surface area (Å²) < 4.78 is 21.8. The summed E-state index contributed by atoms with van der Waals surface area (Å²) in [5.41, 5.74) is 3.47. The smallest absolute Gasteiger partial charge is 0.366 e. The van der Waals surface area contributed by atoms with E-state index in [1.165, 1.54) is 7.11 Å². The molecule has 2 aromatic carbocycles. The molecule has 0 saturated carbocycles. The topological polar surface area (TPSA) is 88.5 Å². The second kappa shape index (κ2) is 12.3. The van der Waals surface area contributed by atoms with Gasteiger partial charge in [-0.15, -0.1) is 0 Å². The summed E-state index contributed by atoms with van der Waals surface area (Å²) in [5.74, 6) is -0.952. The molecule has 8 nitrogen and oxygen atoms in total. The maximum atomic E-state index is 11.8. The van der Waals surface area contributed by atoms with Crippen molar-refractivity contribution in [1.29, 1.82) is 0 Å². The monoisotopic (exact) mass is 490 g/mol. The summed E-state index contributed by atoms with van der Waals surface area (Å²) in [5, 5.41) is 4.32. The molecule has 1 aliphatic rings. The summed E-state index contributed by atoms with van der Waals surface area (Å²) in [6.07, 6.45) is 2.50. The average molecular weight is 491 g/mol. The normalized spacial score (nSPS) is 19.9. The summed E-state index contributed by atoms with van der Waals surface area (Å²) in [6.45, 7) is 3.07. The van der Waals surface area contributed by atoms with Gasteiger partial charge in [0.05, 0.1) is 26.0 Å². The maximum absolute atomic E-state index is 11.8. The lowest BCUT2D eigenvalue weighted by atomic mass is 9.99. The van der Waals surface area contributed by atoms with Crippen molar-refractivity contribution in [3.05, 3.63) is 95.8 Å². The molecule has 188 valence electrons. The summed E-state index contributed by atoms with van der Waals surface area (Å²) in [4.78, 5) is 21.7. The average Bonchev–Trinajstić information content (AvgIpc) is 2.93. The Hall–Kier alpha value is -3.75. The molecule has 1 saturated heterocycles. The van der Waals surface area contributed by atoms with Gasteiger partial charge in [-0.2, -0.15) is 0 Å². The largest absolute Gasteiger partial charge is 0.490 e. The van der Waals surface area contributed by atoms with E-state index in [4.69, 9.17) is 23.8 Å². The van der Waals surface area contributed by atoms with E-state index < -0.39 is 11.8 Å². The molecule has 1 aliphatic heterocycles. The highest BCUT2D eigenvalue weighted by molar-refractivity contribution is 6.11. The van der Waals surface area contributed by atoms with Crippen LogP contribution in [0.1, 0.15) is 23.7 Å². The predicted octanol–water partition coefficient (Wildman–Crippen LogP) is 4.02. The van der Waals surface area contributed by atoms with E-state index in [9.17, 15) is 4.79 Å². The second-order valence-corrected chi connectivity index (χ2v) is 8.48. The molecule has 0 aliphatic carbocycles. The molecular formula is C28H30N2O6. The molecule has 0 spiro atoms. The van der Waals surface area contributed by atoms with Crippen LogP contribution in [0.5, 0.6) is 5.75 Å². The number of hydrogen-bond acceptors (Lipinski definition) is 8. The van der Waals surface area contributed by atoms with E-state index in [2.05, 4.69) is 10.1 Å². The molecule has 0 N–H and O–H groups in total. The van der Waals surface area contributed by atoms with E-state index in [0.29, 0.717) is 32.1 Å². The first kappa shape index (κ1) is 25.3. The van der Waals surface area contributed by atoms with Gasteiger partial charge in [0.2, 0.25) is 0 Å². The number of methoxy groups -OCH3 is 1. The van der Waals surface area contributed by atoms with E-state index in [1.807, 2.05) is 72.8 Å². The molecule has 0 radical (unpaired) electrons. The van der Waals surface area contributed by atoms with Crippen molar-refractivity contribution in [3.63, 3.8) is 0 Å². The molecule has 0 atom stereocenters. The highest BCUT2D eigenvalue weighted by Gasteiger charge is 2.41. The molecule has 36 heavy (non-hydrogen) atoms. The van der Waals surface area contributed by atoms with Crippen molar-refractivity contribution in [2.45, 2.75) is 19.1 Å². The van der Waals surface area contributed by atoms with E-state index in [0.717, 1.165) is 29.0 Å². The van der Waals surface area contributed by atoms with Crippen molar-refractivity contribution in [2.24, 2.45) is 11.1 Å². The number of oxime groups is 1. The van der Waals surface area contributed by atoms with Gasteiger partial charge in [-0.3, -0.25) is 4.98 Å². The molecule has 2 heterocycles. The van der Waals surface area contributed by atoms with Gasteiger partial charge >= 0.3 is 5.97 Å². The van der Waals surface area contributed by atoms with Crippen LogP contribution in [0.4, 0.5) is 0 Å². The Kier molecular flexibility index (Phi) is 8.65. The molecule has 1 aromatic heterocycles. The number of carbonyl (C=O) groups excluding carboxylic acids is 1. The number of nitrogens with zero attached hydrogens (tertiary/aromatic N) is 2. The van der Waals surface area contributed by atoms with Crippen LogP contribution in [0.25, 0.3) is 0 Å². The number of pyridine rings is 1. The quantitative estimate of drug-likeness (QED) is 0.184. The van der Waals surface area contributed by atoms with E-state index in [1.54, 1.807) is 13.1 Å². The van der Waals surface area contributed by atoms with Gasteiger partial charge in [0.1, 0.15) is 18.1 Å². The molecule has 0 bridgehead atoms. The number of carbonyl (C=O) groups is 1. The third-order valence-corrected chi connectivity index (χ3v) is 5.75. The molecular weight excluding hydrogens is 460 g/mol. The van der Waals surface area contributed by atoms with Crippen LogP contribution >= 0.6 is 0 Å². The highest BCUT2D eigenvalue weighted by Crippen LogP contribution is 2.25. The first-order valence-electron chi connectivity index (χ1n) is 11.8. The van der Waals surface area contributed by atoms with Crippen LogP contribution in [0.3, 0.4) is 0 Å². The van der Waals surface area contributed by atoms with Crippen molar-refractivity contribution in [3.8, 4) is 5.75 Å². The molecule has 1 fully saturated rings. The highest BCUT2D eigenvalue weighted by atomic mass is 16.7. The molecule has 3 aromatic rings. The molecule has 0 amide bonds. The SMILES string of the molecule is COC(=O)[C@]1(C)OC[C@@H](Cc2ccc(OCCO/N=C(/c3ccccc3)c3ccccn3)cc2)CO1. The van der Waals surface area contributed by atoms with Crippen molar-refractivity contribution in [1.82, 2.24) is 4.98 Å². The summed E-state index contributed by atoms with van der Waals surface area (Å²) in [6, 6.07) is 23.3. The number of benzene rings is 2. The van der Waals surface area contributed by atoms with Crippen LogP contribution < -0.4 is 4.74 Å². The van der Waals surface area contributed by atoms with Crippen LogP contribution in [-0.4, -0.2) is 56.0 Å². The van der Waals surface area contributed by atoms with Crippen LogP contribution in [0.15, 0.2) is 84.1 Å². The van der Waals surface area contributed by atoms with Gasteiger partial charge in [0, 0.05) is 24.6 Å². The fourth-order valence-electron chi connectivity index (χ4n) is 3.77. The van der Waals surface area contributed by atoms with Crippen molar-refractivity contribution in [2.75, 3.05) is 33.5 Å². The number of aromatic nitrogens is 1. The number of ether oxygens (including phenoxy) is 4. The summed E-state index contributed by atoms with van der Waals surface area (Å²) in [7, 11) is 1.32. The zero-order valence-corrected chi connectivity index (χ0v) is 20.5. The minimum Gasteiger partial charge on any atom is -0.490 e. The zero-order chi connectivity index (χ0) is 25.2. The van der Waals surface area contributed by atoms with Gasteiger partial charge in [0.25, 0.3) is 5.79 Å². The third kappa shape index (κ3) is 6.68. The van der Waals surface area contributed by atoms with E-state index in [-0.39, 0.29) is 5.92 Å². The molecule has 4 rings (SSSR count). The first-order chi connectivity index (χ1) is 17.6. The van der Waals surface area contributed by atoms with Gasteiger partial charge in [-0.25, -0.2) is 4.79 Å². The fourth-order valence-corrected chi connectivity index (χ4v) is 3.77. The molecule has 0 unspecified atom stereocenters. The first-order valence-corrected chi connectivity index (χ1v) is 11.8. The standard InChI is InChI=1S/C28H30N2O6/c1-28(27(31)32-2)34-19-22(20-35-28)18-21-11-13-24(14-12-21)33-16-17-36-30-26(23-8-4-3-5-9-23)25-10-6-7-15-29-25/h3-15,22H,16-20H2,1-2H3/b30-26-/t22-,28-. The Morgan fingerprint density at radius 3 is 2.39 bits per heavy atom. The van der Waals surface area contributed by atoms with Crippen molar-refractivity contribution >= 4 is 11.7 Å². The van der Waals surface area contributed by atoms with Gasteiger partial charge in [0.15, 0.2) is 6.61 Å². The van der Waals surface area contributed by atoms with Crippen molar-refractivity contribution < 1.29 is 28.6 Å². The minimum absolute atomic E-state index is 0.152. The second-order valence-electron chi connectivity index (χ2n) is 8.48. The Bertz CT molecular complexity index is 1090. The van der Waals surface area contributed by atoms with Gasteiger partial charge in [-0.1, -0.05) is 53.7 Å². The number of hydrogen-bond donors (Lipinski definition) is 0. The van der Waals surface area contributed by atoms with Crippen LogP contribution in [0.2, 0.25) is 0 Å². The predicted molar refractivity (Wildman–Crippen MR) is 134 cm³/mol. The van der Waals surface area contributed by atoms with Crippen LogP contribution in [0, 0.1) is 5.92 Å². The fraction of sp³-hybridized carbons (Fsp3) is 0.321. The van der Waals surface area contributed by atoms with Gasteiger partial charge < -0.3 is 23.8 Å². The van der Waals surface area contributed by atoms with E-state index >= 15 is 0 Å². The number of rotatable bonds is 10. The lowest BCUT2D eigenvalue weighted by Gasteiger charge is -2.35. The van der Waals surface area contributed by atoms with Crippen LogP contribution in [-0.2, 0) is 30.3 Å². The minimum atomic E-state index is -1.32. The lowest BCUT2D eigenvalue weighted by molar-refractivity contribution is -0.272. The lowest BCUT2D eigenvalue weighted by Crippen LogP contribution is -2.48. The third-order valence-electron chi connectivity index (χ3n) is 5.75. The Morgan fingerprint density at radius 1 is 1.00 bits per heavy atom. The summed E-state index contributed by atoms with van der Waals surface area (Å²) >= 11 is 0.